The Morgan fingerprint density at radius 1 is 1.19 bits per heavy atom. The van der Waals surface area contributed by atoms with Crippen molar-refractivity contribution in [2.75, 3.05) is 13.2 Å². The van der Waals surface area contributed by atoms with E-state index in [9.17, 15) is 4.79 Å². The number of rotatable bonds is 7. The first-order valence-corrected chi connectivity index (χ1v) is 8.00. The number of benzene rings is 1. The van der Waals surface area contributed by atoms with E-state index in [1.807, 2.05) is 43.0 Å². The molecule has 4 nitrogen and oxygen atoms in total. The van der Waals surface area contributed by atoms with E-state index in [0.29, 0.717) is 6.61 Å². The fraction of sp³-hybridized carbons (Fsp3) is 0.588. The monoisotopic (exact) mass is 290 g/mol. The average molecular weight is 290 g/mol. The summed E-state index contributed by atoms with van der Waals surface area (Å²) < 4.78 is 5.48. The van der Waals surface area contributed by atoms with Crippen LogP contribution in [0.5, 0.6) is 5.75 Å². The van der Waals surface area contributed by atoms with Crippen LogP contribution >= 0.6 is 0 Å². The summed E-state index contributed by atoms with van der Waals surface area (Å²) in [5.74, 6) is 1.10. The summed E-state index contributed by atoms with van der Waals surface area (Å²) in [6.07, 6.45) is 2.95. The van der Waals surface area contributed by atoms with Crippen molar-refractivity contribution in [2.45, 2.75) is 52.2 Å². The van der Waals surface area contributed by atoms with Gasteiger partial charge in [0, 0.05) is 6.54 Å². The molecule has 0 spiro atoms. The van der Waals surface area contributed by atoms with E-state index in [4.69, 9.17) is 4.74 Å². The second-order valence-electron chi connectivity index (χ2n) is 5.42. The Morgan fingerprint density at radius 2 is 1.90 bits per heavy atom. The van der Waals surface area contributed by atoms with Gasteiger partial charge in [-0.3, -0.25) is 10.1 Å². The molecule has 1 heterocycles. The minimum absolute atomic E-state index is 0.00956. The lowest BCUT2D eigenvalue weighted by Crippen LogP contribution is -2.31. The molecule has 2 unspecified atom stereocenters. The highest BCUT2D eigenvalue weighted by molar-refractivity contribution is 5.84. The van der Waals surface area contributed by atoms with Gasteiger partial charge in [-0.1, -0.05) is 32.4 Å². The zero-order chi connectivity index (χ0) is 15.2. The summed E-state index contributed by atoms with van der Waals surface area (Å²) in [6, 6.07) is 7.99. The molecule has 4 heteroatoms. The van der Waals surface area contributed by atoms with Crippen LogP contribution < -0.4 is 10.1 Å². The summed E-state index contributed by atoms with van der Waals surface area (Å²) in [4.78, 5) is 14.4. The molecule has 1 fully saturated rings. The quantitative estimate of drug-likeness (QED) is 0.839. The van der Waals surface area contributed by atoms with Crippen molar-refractivity contribution in [3.05, 3.63) is 29.8 Å². The van der Waals surface area contributed by atoms with Crippen molar-refractivity contribution in [3.8, 4) is 5.75 Å². The minimum atomic E-state index is -0.0570. The molecular weight excluding hydrogens is 264 g/mol. The van der Waals surface area contributed by atoms with Crippen molar-refractivity contribution in [2.24, 2.45) is 0 Å². The maximum Gasteiger partial charge on any atom is 0.241 e. The minimum Gasteiger partial charge on any atom is -0.494 e. The molecule has 1 N–H and O–H groups in total. The Balaban J connectivity index is 2.16. The molecule has 0 radical (unpaired) electrons. The molecule has 0 aromatic heterocycles. The first-order chi connectivity index (χ1) is 10.2. The Hall–Kier alpha value is -1.55. The topological polar surface area (TPSA) is 41.6 Å². The number of nitrogens with one attached hydrogen (secondary N) is 1. The zero-order valence-corrected chi connectivity index (χ0v) is 13.3. The molecule has 116 valence electrons. The van der Waals surface area contributed by atoms with Gasteiger partial charge in [-0.05, 0) is 37.5 Å². The second-order valence-corrected chi connectivity index (χ2v) is 5.42. The molecule has 1 aromatic carbocycles. The summed E-state index contributed by atoms with van der Waals surface area (Å²) in [5, 5.41) is 3.45. The van der Waals surface area contributed by atoms with Crippen LogP contribution in [0.25, 0.3) is 0 Å². The van der Waals surface area contributed by atoms with Gasteiger partial charge in [0.05, 0.1) is 12.6 Å². The van der Waals surface area contributed by atoms with E-state index in [2.05, 4.69) is 12.2 Å². The number of hydrogen-bond acceptors (Lipinski definition) is 3. The van der Waals surface area contributed by atoms with Crippen molar-refractivity contribution < 1.29 is 9.53 Å². The van der Waals surface area contributed by atoms with Gasteiger partial charge in [0.15, 0.2) is 0 Å². The number of unbranched alkanes of at least 4 members (excludes halogenated alkanes) is 1. The van der Waals surface area contributed by atoms with Crippen LogP contribution in [0.4, 0.5) is 0 Å². The SMILES string of the molecule is CCCCN1C(=O)C(CC)NC1c1ccc(OCC)cc1. The molecule has 1 saturated heterocycles. The summed E-state index contributed by atoms with van der Waals surface area (Å²) in [5.41, 5.74) is 1.12. The van der Waals surface area contributed by atoms with Gasteiger partial charge < -0.3 is 9.64 Å². The largest absolute Gasteiger partial charge is 0.494 e. The lowest BCUT2D eigenvalue weighted by Gasteiger charge is -2.24. The number of hydrogen-bond donors (Lipinski definition) is 1. The number of nitrogens with zero attached hydrogens (tertiary/aromatic N) is 1. The summed E-state index contributed by atoms with van der Waals surface area (Å²) in [6.45, 7) is 7.66. The number of carbonyl (C=O) groups excluding carboxylic acids is 1. The standard InChI is InChI=1S/C17H26N2O2/c1-4-7-12-19-16(18-15(5-2)17(19)20)13-8-10-14(11-9-13)21-6-3/h8-11,15-16,18H,4-7,12H2,1-3H3. The number of amides is 1. The first-order valence-electron chi connectivity index (χ1n) is 8.00. The van der Waals surface area contributed by atoms with E-state index >= 15 is 0 Å². The highest BCUT2D eigenvalue weighted by atomic mass is 16.5. The Bertz CT molecular complexity index is 458. The third-order valence-corrected chi connectivity index (χ3v) is 3.92. The van der Waals surface area contributed by atoms with Crippen LogP contribution in [0.2, 0.25) is 0 Å². The molecule has 1 aliphatic rings. The first kappa shape index (κ1) is 15.8. The predicted molar refractivity (Wildman–Crippen MR) is 84.2 cm³/mol. The van der Waals surface area contributed by atoms with E-state index in [0.717, 1.165) is 37.1 Å². The van der Waals surface area contributed by atoms with Crippen LogP contribution in [0.3, 0.4) is 0 Å². The van der Waals surface area contributed by atoms with E-state index in [1.54, 1.807) is 0 Å². The normalized spacial score (nSPS) is 21.9. The number of ether oxygens (including phenoxy) is 1. The van der Waals surface area contributed by atoms with Gasteiger partial charge in [0.1, 0.15) is 11.9 Å². The fourth-order valence-corrected chi connectivity index (χ4v) is 2.73. The molecule has 1 aromatic rings. The fourth-order valence-electron chi connectivity index (χ4n) is 2.73. The Morgan fingerprint density at radius 3 is 2.48 bits per heavy atom. The van der Waals surface area contributed by atoms with Gasteiger partial charge in [0.2, 0.25) is 5.91 Å². The van der Waals surface area contributed by atoms with Crippen LogP contribution in [0.1, 0.15) is 51.8 Å². The third kappa shape index (κ3) is 3.56. The van der Waals surface area contributed by atoms with E-state index in [1.165, 1.54) is 0 Å². The second kappa shape index (κ2) is 7.46. The van der Waals surface area contributed by atoms with Crippen molar-refractivity contribution in [1.29, 1.82) is 0 Å². The van der Waals surface area contributed by atoms with Crippen LogP contribution in [-0.4, -0.2) is 30.0 Å². The third-order valence-electron chi connectivity index (χ3n) is 3.92. The van der Waals surface area contributed by atoms with Crippen molar-refractivity contribution in [3.63, 3.8) is 0 Å². The number of carbonyl (C=O) groups is 1. The molecule has 0 aliphatic carbocycles. The van der Waals surface area contributed by atoms with Gasteiger partial charge in [-0.2, -0.15) is 0 Å². The highest BCUT2D eigenvalue weighted by Gasteiger charge is 2.37. The molecular formula is C17H26N2O2. The maximum atomic E-state index is 12.4. The summed E-state index contributed by atoms with van der Waals surface area (Å²) >= 11 is 0. The van der Waals surface area contributed by atoms with Crippen molar-refractivity contribution in [1.82, 2.24) is 10.2 Å². The Labute approximate surface area is 127 Å². The van der Waals surface area contributed by atoms with Gasteiger partial charge in [0.25, 0.3) is 0 Å². The Kier molecular flexibility index (Phi) is 5.62. The average Bonchev–Trinajstić information content (AvgIpc) is 2.82. The lowest BCUT2D eigenvalue weighted by molar-refractivity contribution is -0.130. The molecule has 2 atom stereocenters. The van der Waals surface area contributed by atoms with Crippen molar-refractivity contribution >= 4 is 5.91 Å². The molecule has 2 rings (SSSR count). The lowest BCUT2D eigenvalue weighted by atomic mass is 10.1. The summed E-state index contributed by atoms with van der Waals surface area (Å²) in [7, 11) is 0. The predicted octanol–water partition coefficient (Wildman–Crippen LogP) is 3.09. The van der Waals surface area contributed by atoms with E-state index < -0.39 is 0 Å². The molecule has 21 heavy (non-hydrogen) atoms. The molecule has 1 amide bonds. The van der Waals surface area contributed by atoms with Crippen LogP contribution in [0.15, 0.2) is 24.3 Å². The zero-order valence-electron chi connectivity index (χ0n) is 13.3. The van der Waals surface area contributed by atoms with Gasteiger partial charge >= 0.3 is 0 Å². The van der Waals surface area contributed by atoms with E-state index in [-0.39, 0.29) is 18.1 Å². The highest BCUT2D eigenvalue weighted by Crippen LogP contribution is 2.28. The molecule has 0 bridgehead atoms. The molecule has 0 saturated carbocycles. The maximum absolute atomic E-state index is 12.4. The van der Waals surface area contributed by atoms with Gasteiger partial charge in [-0.25, -0.2) is 0 Å². The van der Waals surface area contributed by atoms with Gasteiger partial charge in [-0.15, -0.1) is 0 Å². The smallest absolute Gasteiger partial charge is 0.241 e. The molecule has 1 aliphatic heterocycles. The van der Waals surface area contributed by atoms with Crippen LogP contribution in [-0.2, 0) is 4.79 Å². The van der Waals surface area contributed by atoms with Crippen LogP contribution in [0, 0.1) is 0 Å².